The molecule has 1 saturated heterocycles. The molecule has 1 fully saturated rings. The van der Waals surface area contributed by atoms with Crippen LogP contribution >= 0.6 is 0 Å². The lowest BCUT2D eigenvalue weighted by Crippen LogP contribution is -2.50. The number of fused-ring (bicyclic) bond motifs is 1. The van der Waals surface area contributed by atoms with Gasteiger partial charge in [-0.25, -0.2) is 9.78 Å². The molecule has 0 unspecified atom stereocenters. The van der Waals surface area contributed by atoms with Gasteiger partial charge in [0.1, 0.15) is 11.3 Å². The number of hydrogen-bond acceptors (Lipinski definition) is 5. The van der Waals surface area contributed by atoms with Gasteiger partial charge >= 0.3 is 5.69 Å². The lowest BCUT2D eigenvalue weighted by Gasteiger charge is -2.36. The maximum absolute atomic E-state index is 12.7. The van der Waals surface area contributed by atoms with Crippen molar-refractivity contribution in [3.8, 4) is 0 Å². The van der Waals surface area contributed by atoms with E-state index in [0.717, 1.165) is 13.1 Å². The first kappa shape index (κ1) is 16.4. The lowest BCUT2D eigenvalue weighted by atomic mass is 10.2. The van der Waals surface area contributed by atoms with Gasteiger partial charge in [0, 0.05) is 39.3 Å². The van der Waals surface area contributed by atoms with E-state index >= 15 is 0 Å². The molecule has 1 amide bonds. The van der Waals surface area contributed by atoms with Crippen LogP contribution in [0.2, 0.25) is 0 Å². The number of nitrogens with zero attached hydrogens (tertiary/aromatic N) is 4. The van der Waals surface area contributed by atoms with E-state index < -0.39 is 11.2 Å². The van der Waals surface area contributed by atoms with Crippen molar-refractivity contribution in [1.82, 2.24) is 24.3 Å². The van der Waals surface area contributed by atoms with E-state index in [4.69, 9.17) is 0 Å². The van der Waals surface area contributed by atoms with Gasteiger partial charge in [-0.2, -0.15) is 0 Å². The molecular weight excluding hydrogens is 310 g/mol. The number of nitrogens with one attached hydrogen (secondary N) is 1. The predicted molar refractivity (Wildman–Crippen MR) is 90.2 cm³/mol. The molecule has 0 radical (unpaired) electrons. The monoisotopic (exact) mass is 331 g/mol. The number of H-pyrrole nitrogens is 1. The largest absolute Gasteiger partial charge is 0.335 e. The molecule has 24 heavy (non-hydrogen) atoms. The first-order valence-electron chi connectivity index (χ1n) is 8.02. The number of aryl methyl sites for hydroxylation is 1. The molecule has 1 aliphatic rings. The van der Waals surface area contributed by atoms with Crippen LogP contribution in [0.4, 0.5) is 0 Å². The molecule has 0 spiro atoms. The van der Waals surface area contributed by atoms with Gasteiger partial charge in [0.25, 0.3) is 11.5 Å². The summed E-state index contributed by atoms with van der Waals surface area (Å²) in [6.45, 7) is 7.22. The van der Waals surface area contributed by atoms with Crippen molar-refractivity contribution in [2.45, 2.75) is 19.9 Å². The van der Waals surface area contributed by atoms with Gasteiger partial charge in [-0.3, -0.25) is 24.0 Å². The fourth-order valence-electron chi connectivity index (χ4n) is 2.95. The molecular formula is C16H21N5O3. The van der Waals surface area contributed by atoms with Crippen LogP contribution in [0, 0.1) is 0 Å². The summed E-state index contributed by atoms with van der Waals surface area (Å²) >= 11 is 0. The van der Waals surface area contributed by atoms with Gasteiger partial charge in [-0.1, -0.05) is 0 Å². The summed E-state index contributed by atoms with van der Waals surface area (Å²) in [6, 6.07) is 3.54. The Balaban J connectivity index is 1.90. The molecule has 3 heterocycles. The van der Waals surface area contributed by atoms with Crippen LogP contribution in [-0.4, -0.2) is 62.5 Å². The second-order valence-electron chi connectivity index (χ2n) is 6.31. The molecule has 2 aromatic rings. The normalized spacial score (nSPS) is 16.1. The van der Waals surface area contributed by atoms with Crippen molar-refractivity contribution in [3.05, 3.63) is 38.7 Å². The molecule has 2 aromatic heterocycles. The molecule has 0 atom stereocenters. The fraction of sp³-hybridized carbons (Fsp3) is 0.500. The highest BCUT2D eigenvalue weighted by Gasteiger charge is 2.24. The van der Waals surface area contributed by atoms with Crippen LogP contribution in [0.15, 0.2) is 21.7 Å². The van der Waals surface area contributed by atoms with Gasteiger partial charge in [-0.05, 0) is 26.0 Å². The molecule has 1 N–H and O–H groups in total. The van der Waals surface area contributed by atoms with E-state index in [2.05, 4.69) is 28.7 Å². The van der Waals surface area contributed by atoms with Crippen molar-refractivity contribution >= 4 is 16.9 Å². The first-order chi connectivity index (χ1) is 11.4. The lowest BCUT2D eigenvalue weighted by molar-refractivity contribution is 0.0590. The molecule has 3 rings (SSSR count). The maximum Gasteiger partial charge on any atom is 0.329 e. The van der Waals surface area contributed by atoms with Crippen LogP contribution in [0.3, 0.4) is 0 Å². The van der Waals surface area contributed by atoms with E-state index in [9.17, 15) is 14.4 Å². The Kier molecular flexibility index (Phi) is 4.23. The minimum atomic E-state index is -0.546. The van der Waals surface area contributed by atoms with Gasteiger partial charge in [0.05, 0.1) is 5.39 Å². The number of carbonyl (C=O) groups excluding carboxylic acids is 1. The Bertz CT molecular complexity index is 891. The average Bonchev–Trinajstić information content (AvgIpc) is 2.58. The molecule has 0 saturated carbocycles. The first-order valence-corrected chi connectivity index (χ1v) is 8.02. The minimum Gasteiger partial charge on any atom is -0.335 e. The Labute approximate surface area is 138 Å². The van der Waals surface area contributed by atoms with Crippen molar-refractivity contribution in [3.63, 3.8) is 0 Å². The topological polar surface area (TPSA) is 91.3 Å². The maximum atomic E-state index is 12.7. The van der Waals surface area contributed by atoms with Crippen LogP contribution in [0.25, 0.3) is 11.0 Å². The third kappa shape index (κ3) is 2.84. The number of pyridine rings is 1. The molecule has 8 nitrogen and oxygen atoms in total. The molecule has 0 bridgehead atoms. The third-order valence-corrected chi connectivity index (χ3v) is 4.51. The minimum absolute atomic E-state index is 0.173. The molecule has 1 aliphatic heterocycles. The third-order valence-electron chi connectivity index (χ3n) is 4.51. The number of rotatable bonds is 2. The van der Waals surface area contributed by atoms with Gasteiger partial charge in [-0.15, -0.1) is 0 Å². The number of hydrogen-bond donors (Lipinski definition) is 1. The second-order valence-corrected chi connectivity index (χ2v) is 6.31. The Morgan fingerprint density at radius 1 is 1.17 bits per heavy atom. The highest BCUT2D eigenvalue weighted by molar-refractivity contribution is 5.94. The summed E-state index contributed by atoms with van der Waals surface area (Å²) in [5.41, 5.74) is -0.572. The van der Waals surface area contributed by atoms with E-state index in [1.807, 2.05) is 0 Å². The zero-order chi connectivity index (χ0) is 17.4. The Morgan fingerprint density at radius 3 is 2.46 bits per heavy atom. The fourth-order valence-corrected chi connectivity index (χ4v) is 2.95. The zero-order valence-electron chi connectivity index (χ0n) is 14.1. The van der Waals surface area contributed by atoms with Gasteiger partial charge in [0.2, 0.25) is 0 Å². The number of amides is 1. The summed E-state index contributed by atoms with van der Waals surface area (Å²) in [5.74, 6) is -0.173. The summed E-state index contributed by atoms with van der Waals surface area (Å²) in [6.07, 6.45) is 0. The van der Waals surface area contributed by atoms with Gasteiger partial charge < -0.3 is 4.90 Å². The SMILES string of the molecule is CC(C)N1CCN(C(=O)c2ccc3c(=O)[nH]c(=O)n(C)c3n2)CC1. The molecule has 128 valence electrons. The quantitative estimate of drug-likeness (QED) is 0.822. The summed E-state index contributed by atoms with van der Waals surface area (Å²) in [5, 5.41) is 0.290. The summed E-state index contributed by atoms with van der Waals surface area (Å²) in [7, 11) is 1.52. The van der Waals surface area contributed by atoms with E-state index in [0.29, 0.717) is 24.5 Å². The number of carbonyl (C=O) groups is 1. The zero-order valence-corrected chi connectivity index (χ0v) is 14.1. The number of aromatic nitrogens is 3. The number of aromatic amines is 1. The van der Waals surface area contributed by atoms with Crippen LogP contribution in [0.1, 0.15) is 24.3 Å². The summed E-state index contributed by atoms with van der Waals surface area (Å²) < 4.78 is 1.24. The molecule has 8 heteroatoms. The van der Waals surface area contributed by atoms with E-state index in [-0.39, 0.29) is 17.2 Å². The summed E-state index contributed by atoms with van der Waals surface area (Å²) in [4.78, 5) is 46.8. The van der Waals surface area contributed by atoms with Gasteiger partial charge in [0.15, 0.2) is 0 Å². The highest BCUT2D eigenvalue weighted by atomic mass is 16.2. The van der Waals surface area contributed by atoms with E-state index in [1.54, 1.807) is 11.0 Å². The van der Waals surface area contributed by atoms with E-state index in [1.165, 1.54) is 17.7 Å². The van der Waals surface area contributed by atoms with Crippen LogP contribution < -0.4 is 11.2 Å². The second kappa shape index (κ2) is 6.20. The Hall–Kier alpha value is -2.48. The Morgan fingerprint density at radius 2 is 1.83 bits per heavy atom. The van der Waals surface area contributed by atoms with Crippen molar-refractivity contribution in [2.75, 3.05) is 26.2 Å². The molecule has 0 aromatic carbocycles. The number of piperazine rings is 1. The predicted octanol–water partition coefficient (Wildman–Crippen LogP) is -0.212. The van der Waals surface area contributed by atoms with Crippen molar-refractivity contribution < 1.29 is 4.79 Å². The molecule has 0 aliphatic carbocycles. The average molecular weight is 331 g/mol. The van der Waals surface area contributed by atoms with Crippen LogP contribution in [-0.2, 0) is 7.05 Å². The van der Waals surface area contributed by atoms with Crippen molar-refractivity contribution in [2.24, 2.45) is 7.05 Å². The smallest absolute Gasteiger partial charge is 0.329 e. The standard InChI is InChI=1S/C16H21N5O3/c1-10(2)20-6-8-21(9-7-20)15(23)12-5-4-11-13(17-12)19(3)16(24)18-14(11)22/h4-5,10H,6-9H2,1-3H3,(H,18,22,24). The highest BCUT2D eigenvalue weighted by Crippen LogP contribution is 2.11. The van der Waals surface area contributed by atoms with Crippen LogP contribution in [0.5, 0.6) is 0 Å². The van der Waals surface area contributed by atoms with Crippen molar-refractivity contribution in [1.29, 1.82) is 0 Å².